The normalized spacial score (nSPS) is 10.2. The number of hydrogen-bond donors (Lipinski definition) is 2. The molecule has 4 nitrogen and oxygen atoms in total. The molecule has 0 radical (unpaired) electrons. The quantitative estimate of drug-likeness (QED) is 0.767. The van der Waals surface area contributed by atoms with Gasteiger partial charge in [-0.15, -0.1) is 0 Å². The van der Waals surface area contributed by atoms with Crippen LogP contribution in [0.15, 0.2) is 30.3 Å². The number of rotatable bonds is 2. The fraction of sp³-hybridized carbons (Fsp3) is 0.333. The van der Waals surface area contributed by atoms with Gasteiger partial charge in [-0.2, -0.15) is 8.42 Å². The molecule has 0 heterocycles. The maximum Gasteiger partial charge on any atom is 0.274 e. The summed E-state index contributed by atoms with van der Waals surface area (Å²) in [5.74, 6) is 0. The second-order valence-corrected chi connectivity index (χ2v) is 4.08. The van der Waals surface area contributed by atoms with E-state index in [1.165, 1.54) is 5.56 Å². The highest BCUT2D eigenvalue weighted by Gasteiger charge is 1.92. The molecule has 0 atom stereocenters. The van der Waals surface area contributed by atoms with Crippen molar-refractivity contribution in [3.63, 3.8) is 0 Å². The number of benzene rings is 1. The number of aryl methyl sites for hydroxylation is 1. The van der Waals surface area contributed by atoms with Crippen molar-refractivity contribution in [3.8, 4) is 0 Å². The smallest absolute Gasteiger partial charge is 0.216 e. The summed E-state index contributed by atoms with van der Waals surface area (Å²) in [5.41, 5.74) is 1.32. The summed E-state index contributed by atoms with van der Waals surface area (Å²) >= 11 is 0. The molecule has 1 aromatic carbocycles. The van der Waals surface area contributed by atoms with Crippen LogP contribution in [0.3, 0.4) is 0 Å². The highest BCUT2D eigenvalue weighted by atomic mass is 32.2. The summed E-state index contributed by atoms with van der Waals surface area (Å²) in [7, 11) is -3.42. The Labute approximate surface area is 85.3 Å². The first-order chi connectivity index (χ1) is 6.45. The Morgan fingerprint density at radius 1 is 1.29 bits per heavy atom. The Morgan fingerprint density at radius 3 is 1.93 bits per heavy atom. The second-order valence-electron chi connectivity index (χ2n) is 2.70. The highest BCUT2D eigenvalue weighted by molar-refractivity contribution is 7.87. The molecule has 0 saturated heterocycles. The largest absolute Gasteiger partial charge is 0.274 e. The summed E-state index contributed by atoms with van der Waals surface area (Å²) in [4.78, 5) is 0. The van der Waals surface area contributed by atoms with Gasteiger partial charge in [-0.05, 0) is 6.92 Å². The van der Waals surface area contributed by atoms with Crippen LogP contribution in [-0.4, -0.2) is 15.0 Å². The third-order valence-electron chi connectivity index (χ3n) is 1.29. The summed E-state index contributed by atoms with van der Waals surface area (Å²) in [6.45, 7) is 4.09. The Balaban J connectivity index is 0.000000241. The molecule has 0 unspecified atom stereocenters. The van der Waals surface area contributed by atoms with E-state index in [1.807, 2.05) is 22.9 Å². The van der Waals surface area contributed by atoms with Crippen molar-refractivity contribution in [3.05, 3.63) is 35.9 Å². The molecule has 0 aliphatic rings. The van der Waals surface area contributed by atoms with Gasteiger partial charge in [0.25, 0.3) is 10.2 Å². The van der Waals surface area contributed by atoms with Gasteiger partial charge in [-0.25, -0.2) is 9.86 Å². The predicted octanol–water partition coefficient (Wildman–Crippen LogP) is 0.794. The summed E-state index contributed by atoms with van der Waals surface area (Å²) in [5, 5.41) is 4.51. The Morgan fingerprint density at radius 2 is 1.79 bits per heavy atom. The van der Waals surface area contributed by atoms with E-state index in [1.54, 1.807) is 6.92 Å². The third kappa shape index (κ3) is 9.18. The molecule has 0 saturated carbocycles. The first-order valence-corrected chi connectivity index (χ1v) is 5.79. The van der Waals surface area contributed by atoms with E-state index < -0.39 is 10.2 Å². The van der Waals surface area contributed by atoms with Crippen LogP contribution in [0.1, 0.15) is 12.5 Å². The maximum absolute atomic E-state index is 9.90. The van der Waals surface area contributed by atoms with E-state index in [0.29, 0.717) is 6.54 Å². The molecule has 0 amide bonds. The highest BCUT2D eigenvalue weighted by Crippen LogP contribution is 1.92. The van der Waals surface area contributed by atoms with E-state index in [4.69, 9.17) is 0 Å². The van der Waals surface area contributed by atoms with Crippen LogP contribution in [0.5, 0.6) is 0 Å². The number of hydrogen-bond acceptors (Lipinski definition) is 2. The zero-order valence-electron chi connectivity index (χ0n) is 8.40. The second kappa shape index (κ2) is 6.53. The molecule has 3 N–H and O–H groups in total. The zero-order chi connectivity index (χ0) is 11.0. The Bertz CT molecular complexity index is 335. The van der Waals surface area contributed by atoms with Crippen LogP contribution in [0.4, 0.5) is 0 Å². The third-order valence-corrected chi connectivity index (χ3v) is 1.98. The molecule has 0 aliphatic carbocycles. The lowest BCUT2D eigenvalue weighted by Gasteiger charge is -1.91. The van der Waals surface area contributed by atoms with Gasteiger partial charge in [0, 0.05) is 6.54 Å². The molecular weight excluding hydrogens is 200 g/mol. The molecular formula is C9H16N2O2S. The van der Waals surface area contributed by atoms with Gasteiger partial charge in [-0.3, -0.25) is 0 Å². The zero-order valence-corrected chi connectivity index (χ0v) is 9.21. The van der Waals surface area contributed by atoms with Crippen LogP contribution in [-0.2, 0) is 10.2 Å². The van der Waals surface area contributed by atoms with Crippen LogP contribution in [0.25, 0.3) is 0 Å². The molecule has 0 spiro atoms. The predicted molar refractivity (Wildman–Crippen MR) is 58.0 cm³/mol. The van der Waals surface area contributed by atoms with Gasteiger partial charge in [0.15, 0.2) is 0 Å². The van der Waals surface area contributed by atoms with Gasteiger partial charge in [0.2, 0.25) is 0 Å². The molecule has 14 heavy (non-hydrogen) atoms. The van der Waals surface area contributed by atoms with E-state index in [9.17, 15) is 8.42 Å². The van der Waals surface area contributed by atoms with Gasteiger partial charge in [0.1, 0.15) is 0 Å². The van der Waals surface area contributed by atoms with Gasteiger partial charge in [0.05, 0.1) is 0 Å². The van der Waals surface area contributed by atoms with Crippen LogP contribution >= 0.6 is 0 Å². The molecule has 1 aromatic rings. The average Bonchev–Trinajstić information content (AvgIpc) is 2.04. The van der Waals surface area contributed by atoms with E-state index in [0.717, 1.165) is 0 Å². The van der Waals surface area contributed by atoms with Crippen molar-refractivity contribution in [2.75, 3.05) is 6.54 Å². The summed E-state index contributed by atoms with van der Waals surface area (Å²) in [6, 6.07) is 10.3. The molecule has 0 aliphatic heterocycles. The molecule has 0 bridgehead atoms. The lowest BCUT2D eigenvalue weighted by atomic mass is 10.2. The Hall–Kier alpha value is -0.910. The number of nitrogens with two attached hydrogens (primary N) is 1. The first kappa shape index (κ1) is 13.1. The maximum atomic E-state index is 9.90. The lowest BCUT2D eigenvalue weighted by molar-refractivity contribution is 0.585. The van der Waals surface area contributed by atoms with Crippen molar-refractivity contribution >= 4 is 10.2 Å². The van der Waals surface area contributed by atoms with Gasteiger partial charge in [-0.1, -0.05) is 42.8 Å². The van der Waals surface area contributed by atoms with E-state index in [2.05, 4.69) is 24.2 Å². The number of nitrogens with one attached hydrogen (secondary N) is 1. The molecule has 5 heteroatoms. The van der Waals surface area contributed by atoms with Crippen LogP contribution < -0.4 is 9.86 Å². The average molecular weight is 216 g/mol. The van der Waals surface area contributed by atoms with Gasteiger partial charge >= 0.3 is 0 Å². The summed E-state index contributed by atoms with van der Waals surface area (Å²) < 4.78 is 21.8. The first-order valence-electron chi connectivity index (χ1n) is 4.24. The summed E-state index contributed by atoms with van der Waals surface area (Å²) in [6.07, 6.45) is 0. The Kier molecular flexibility index (Phi) is 6.11. The molecule has 0 fully saturated rings. The minimum absolute atomic E-state index is 0.346. The molecule has 0 aromatic heterocycles. The fourth-order valence-corrected chi connectivity index (χ4v) is 1.14. The van der Waals surface area contributed by atoms with Crippen molar-refractivity contribution in [1.29, 1.82) is 0 Å². The van der Waals surface area contributed by atoms with E-state index in [-0.39, 0.29) is 0 Å². The minimum atomic E-state index is -3.42. The van der Waals surface area contributed by atoms with Gasteiger partial charge < -0.3 is 0 Å². The molecule has 80 valence electrons. The van der Waals surface area contributed by atoms with Crippen LogP contribution in [0, 0.1) is 6.92 Å². The standard InChI is InChI=1S/C7H8.C2H8N2O2S/c1-7-5-3-2-4-6-7;1-2-4-7(3,5)6/h2-6H,1H3;4H,2H2,1H3,(H2,3,5,6). The lowest BCUT2D eigenvalue weighted by Crippen LogP contribution is -2.30. The van der Waals surface area contributed by atoms with Crippen molar-refractivity contribution < 1.29 is 8.42 Å². The minimum Gasteiger partial charge on any atom is -0.216 e. The van der Waals surface area contributed by atoms with E-state index >= 15 is 0 Å². The van der Waals surface area contributed by atoms with Crippen molar-refractivity contribution in [2.45, 2.75) is 13.8 Å². The van der Waals surface area contributed by atoms with Crippen molar-refractivity contribution in [1.82, 2.24) is 4.72 Å². The topological polar surface area (TPSA) is 72.2 Å². The fourth-order valence-electron chi connectivity index (χ4n) is 0.736. The monoisotopic (exact) mass is 216 g/mol. The van der Waals surface area contributed by atoms with Crippen LogP contribution in [0.2, 0.25) is 0 Å². The van der Waals surface area contributed by atoms with Crippen molar-refractivity contribution in [2.24, 2.45) is 5.14 Å². The SMILES string of the molecule is CCNS(N)(=O)=O.Cc1ccccc1. The molecule has 1 rings (SSSR count).